The summed E-state index contributed by atoms with van der Waals surface area (Å²) >= 11 is 0. The third-order valence-electron chi connectivity index (χ3n) is 3.84. The molecule has 4 N–H and O–H groups in total. The minimum atomic E-state index is -0.606. The van der Waals surface area contributed by atoms with Crippen LogP contribution in [-0.2, 0) is 0 Å². The number of benzene rings is 1. The lowest BCUT2D eigenvalue weighted by Gasteiger charge is -2.25. The summed E-state index contributed by atoms with van der Waals surface area (Å²) in [6.45, 7) is 0. The first-order valence-corrected chi connectivity index (χ1v) is 6.44. The van der Waals surface area contributed by atoms with Crippen molar-refractivity contribution in [2.24, 2.45) is 11.7 Å². The van der Waals surface area contributed by atoms with Gasteiger partial charge in [-0.1, -0.05) is 12.8 Å². The Balaban J connectivity index is 2.18. The number of hydrogen-bond donors (Lipinski definition) is 3. The molecule has 1 aromatic carbocycles. The quantitative estimate of drug-likeness (QED) is 0.764. The van der Waals surface area contributed by atoms with Gasteiger partial charge in [0.1, 0.15) is 11.5 Å². The maximum atomic E-state index is 10.3. The number of ether oxygens (including phenoxy) is 1. The van der Waals surface area contributed by atoms with E-state index in [-0.39, 0.29) is 11.7 Å². The number of aromatic hydroxyl groups is 1. The van der Waals surface area contributed by atoms with Gasteiger partial charge in [0.05, 0.1) is 19.3 Å². The number of aliphatic hydroxyl groups excluding tert-OH is 1. The molecule has 0 bridgehead atoms. The maximum Gasteiger partial charge on any atom is 0.120 e. The van der Waals surface area contributed by atoms with Gasteiger partial charge >= 0.3 is 0 Å². The van der Waals surface area contributed by atoms with Crippen molar-refractivity contribution in [3.63, 3.8) is 0 Å². The van der Waals surface area contributed by atoms with Crippen molar-refractivity contribution in [2.45, 2.75) is 37.8 Å². The number of aliphatic hydroxyl groups is 1. The van der Waals surface area contributed by atoms with Gasteiger partial charge < -0.3 is 20.7 Å². The van der Waals surface area contributed by atoms with Crippen LogP contribution in [0.3, 0.4) is 0 Å². The van der Waals surface area contributed by atoms with Crippen LogP contribution in [-0.4, -0.2) is 23.4 Å². The molecule has 4 heteroatoms. The number of methoxy groups -OCH3 is 1. The maximum absolute atomic E-state index is 10.3. The summed E-state index contributed by atoms with van der Waals surface area (Å²) in [7, 11) is 1.56. The molecule has 1 aromatic rings. The lowest BCUT2D eigenvalue weighted by atomic mass is 9.90. The van der Waals surface area contributed by atoms with E-state index in [1.807, 2.05) is 0 Å². The average molecular weight is 251 g/mol. The first-order chi connectivity index (χ1) is 8.63. The Morgan fingerprint density at radius 2 is 2.00 bits per heavy atom. The SMILES string of the molecule is COc1ccc(O)c([C@H](N)[C@H](O)C2CCCC2)c1. The van der Waals surface area contributed by atoms with Crippen molar-refractivity contribution in [1.29, 1.82) is 0 Å². The highest BCUT2D eigenvalue weighted by Crippen LogP contribution is 2.36. The Hall–Kier alpha value is -1.26. The van der Waals surface area contributed by atoms with Gasteiger partial charge in [-0.3, -0.25) is 0 Å². The van der Waals surface area contributed by atoms with Crippen molar-refractivity contribution in [3.05, 3.63) is 23.8 Å². The van der Waals surface area contributed by atoms with E-state index < -0.39 is 12.1 Å². The summed E-state index contributed by atoms with van der Waals surface area (Å²) in [5, 5.41) is 20.1. The smallest absolute Gasteiger partial charge is 0.120 e. The normalized spacial score (nSPS) is 19.7. The second kappa shape index (κ2) is 5.59. The van der Waals surface area contributed by atoms with E-state index >= 15 is 0 Å². The number of rotatable bonds is 4. The molecule has 2 atom stereocenters. The molecule has 0 radical (unpaired) electrons. The molecule has 2 rings (SSSR count). The van der Waals surface area contributed by atoms with Crippen LogP contribution in [0.2, 0.25) is 0 Å². The average Bonchev–Trinajstić information content (AvgIpc) is 2.91. The summed E-state index contributed by atoms with van der Waals surface area (Å²) in [5.41, 5.74) is 6.63. The summed E-state index contributed by atoms with van der Waals surface area (Å²) in [5.74, 6) is 0.989. The third-order valence-corrected chi connectivity index (χ3v) is 3.84. The Morgan fingerprint density at radius 3 is 2.61 bits per heavy atom. The molecule has 1 aliphatic carbocycles. The Labute approximate surface area is 107 Å². The van der Waals surface area contributed by atoms with Gasteiger partial charge in [0.15, 0.2) is 0 Å². The van der Waals surface area contributed by atoms with Crippen molar-refractivity contribution in [2.75, 3.05) is 7.11 Å². The van der Waals surface area contributed by atoms with Gasteiger partial charge in [-0.25, -0.2) is 0 Å². The van der Waals surface area contributed by atoms with E-state index in [1.54, 1.807) is 25.3 Å². The second-order valence-corrected chi connectivity index (χ2v) is 4.99. The molecule has 1 saturated carbocycles. The summed E-state index contributed by atoms with van der Waals surface area (Å²) in [6.07, 6.45) is 3.72. The molecular weight excluding hydrogens is 230 g/mol. The fourth-order valence-corrected chi connectivity index (χ4v) is 2.70. The lowest BCUT2D eigenvalue weighted by molar-refractivity contribution is 0.0835. The van der Waals surface area contributed by atoms with Crippen LogP contribution in [0.25, 0.3) is 0 Å². The monoisotopic (exact) mass is 251 g/mol. The molecule has 100 valence electrons. The number of phenolic OH excluding ortho intramolecular Hbond substituents is 1. The molecule has 0 aromatic heterocycles. The number of hydrogen-bond acceptors (Lipinski definition) is 4. The first kappa shape index (κ1) is 13.2. The van der Waals surface area contributed by atoms with Crippen molar-refractivity contribution in [3.8, 4) is 11.5 Å². The third kappa shape index (κ3) is 2.60. The van der Waals surface area contributed by atoms with Gasteiger partial charge in [-0.05, 0) is 37.0 Å². The summed E-state index contributed by atoms with van der Waals surface area (Å²) in [4.78, 5) is 0. The molecule has 0 amide bonds. The van der Waals surface area contributed by atoms with Gasteiger partial charge in [0.25, 0.3) is 0 Å². The first-order valence-electron chi connectivity index (χ1n) is 6.44. The Morgan fingerprint density at radius 1 is 1.33 bits per heavy atom. The van der Waals surface area contributed by atoms with Crippen LogP contribution in [0.15, 0.2) is 18.2 Å². The van der Waals surface area contributed by atoms with Crippen LogP contribution in [0.5, 0.6) is 11.5 Å². The molecule has 0 unspecified atom stereocenters. The van der Waals surface area contributed by atoms with E-state index in [4.69, 9.17) is 10.5 Å². The van der Waals surface area contributed by atoms with E-state index in [1.165, 1.54) is 0 Å². The Bertz CT molecular complexity index is 402. The molecule has 1 aliphatic rings. The predicted octanol–water partition coefficient (Wildman–Crippen LogP) is 1.95. The fourth-order valence-electron chi connectivity index (χ4n) is 2.70. The van der Waals surface area contributed by atoms with E-state index in [0.717, 1.165) is 25.7 Å². The highest BCUT2D eigenvalue weighted by Gasteiger charge is 2.30. The number of nitrogens with two attached hydrogens (primary N) is 1. The topological polar surface area (TPSA) is 75.7 Å². The molecule has 1 fully saturated rings. The van der Waals surface area contributed by atoms with E-state index in [0.29, 0.717) is 11.3 Å². The predicted molar refractivity (Wildman–Crippen MR) is 69.6 cm³/mol. The van der Waals surface area contributed by atoms with Crippen molar-refractivity contribution < 1.29 is 14.9 Å². The highest BCUT2D eigenvalue weighted by molar-refractivity contribution is 5.41. The van der Waals surface area contributed by atoms with Crippen LogP contribution >= 0.6 is 0 Å². The van der Waals surface area contributed by atoms with Crippen LogP contribution in [0.4, 0.5) is 0 Å². The van der Waals surface area contributed by atoms with E-state index in [9.17, 15) is 10.2 Å². The van der Waals surface area contributed by atoms with Crippen LogP contribution in [0.1, 0.15) is 37.3 Å². The van der Waals surface area contributed by atoms with Crippen molar-refractivity contribution in [1.82, 2.24) is 0 Å². The van der Waals surface area contributed by atoms with Gasteiger partial charge in [-0.2, -0.15) is 0 Å². The zero-order chi connectivity index (χ0) is 13.1. The van der Waals surface area contributed by atoms with E-state index in [2.05, 4.69) is 0 Å². The minimum absolute atomic E-state index is 0.111. The molecular formula is C14H21NO3. The van der Waals surface area contributed by atoms with Crippen LogP contribution in [0, 0.1) is 5.92 Å². The zero-order valence-electron chi connectivity index (χ0n) is 10.7. The summed E-state index contributed by atoms with van der Waals surface area (Å²) < 4.78 is 5.12. The van der Waals surface area contributed by atoms with Gasteiger partial charge in [-0.15, -0.1) is 0 Å². The highest BCUT2D eigenvalue weighted by atomic mass is 16.5. The Kier molecular flexibility index (Phi) is 4.09. The molecule has 18 heavy (non-hydrogen) atoms. The van der Waals surface area contributed by atoms with Gasteiger partial charge in [0, 0.05) is 5.56 Å². The standard InChI is InChI=1S/C14H21NO3/c1-18-10-6-7-12(16)11(8-10)13(15)14(17)9-4-2-3-5-9/h6-9,13-14,16-17H,2-5,15H2,1H3/t13-,14+/m0/s1. The van der Waals surface area contributed by atoms with Gasteiger partial charge in [0.2, 0.25) is 0 Å². The molecule has 0 saturated heterocycles. The van der Waals surface area contributed by atoms with Crippen LogP contribution < -0.4 is 10.5 Å². The molecule has 0 spiro atoms. The zero-order valence-corrected chi connectivity index (χ0v) is 10.7. The largest absolute Gasteiger partial charge is 0.508 e. The second-order valence-electron chi connectivity index (χ2n) is 4.99. The molecule has 4 nitrogen and oxygen atoms in total. The molecule has 0 aliphatic heterocycles. The number of phenols is 1. The molecule has 0 heterocycles. The van der Waals surface area contributed by atoms with Crippen molar-refractivity contribution >= 4 is 0 Å². The minimum Gasteiger partial charge on any atom is -0.508 e. The summed E-state index contributed by atoms with van der Waals surface area (Å²) in [6, 6.07) is 4.35. The lowest BCUT2D eigenvalue weighted by Crippen LogP contribution is -2.32. The fraction of sp³-hybridized carbons (Fsp3) is 0.571.